The molecule has 5 heteroatoms. The predicted octanol–water partition coefficient (Wildman–Crippen LogP) is 1.72. The molecule has 0 spiro atoms. The van der Waals surface area contributed by atoms with Gasteiger partial charge in [0.15, 0.2) is 0 Å². The van der Waals surface area contributed by atoms with E-state index < -0.39 is 0 Å². The Bertz CT molecular complexity index is 480. The van der Waals surface area contributed by atoms with E-state index in [-0.39, 0.29) is 6.04 Å². The van der Waals surface area contributed by atoms with Crippen molar-refractivity contribution >= 4 is 0 Å². The monoisotopic (exact) mass is 245 g/mol. The van der Waals surface area contributed by atoms with Gasteiger partial charge < -0.3 is 9.88 Å². The molecule has 2 unspecified atom stereocenters. The average Bonchev–Trinajstić information content (AvgIpc) is 2.82. The number of hydrogen-bond donors (Lipinski definition) is 1. The first-order valence-corrected chi connectivity index (χ1v) is 6.16. The zero-order chi connectivity index (χ0) is 13.0. The molecule has 18 heavy (non-hydrogen) atoms. The highest BCUT2D eigenvalue weighted by Crippen LogP contribution is 2.12. The molecule has 5 nitrogen and oxygen atoms in total. The maximum atomic E-state index is 4.38. The highest BCUT2D eigenvalue weighted by molar-refractivity contribution is 5.12. The van der Waals surface area contributed by atoms with E-state index in [0.717, 1.165) is 17.9 Å². The molecular formula is C13H19N5. The maximum absolute atomic E-state index is 4.38. The fourth-order valence-electron chi connectivity index (χ4n) is 2.11. The number of imidazole rings is 1. The summed E-state index contributed by atoms with van der Waals surface area (Å²) in [7, 11) is 0. The largest absolute Gasteiger partial charge is 0.336 e. The van der Waals surface area contributed by atoms with Gasteiger partial charge in [-0.05, 0) is 20.8 Å². The second kappa shape index (κ2) is 5.73. The Morgan fingerprint density at radius 3 is 2.67 bits per heavy atom. The van der Waals surface area contributed by atoms with E-state index in [4.69, 9.17) is 0 Å². The van der Waals surface area contributed by atoms with Gasteiger partial charge in [-0.3, -0.25) is 9.97 Å². The molecule has 2 atom stereocenters. The Hall–Kier alpha value is -1.75. The van der Waals surface area contributed by atoms with Crippen molar-refractivity contribution in [1.29, 1.82) is 0 Å². The van der Waals surface area contributed by atoms with E-state index in [1.165, 1.54) is 0 Å². The van der Waals surface area contributed by atoms with Crippen LogP contribution in [0.5, 0.6) is 0 Å². The van der Waals surface area contributed by atoms with Crippen LogP contribution in [-0.2, 0) is 6.54 Å². The second-order valence-corrected chi connectivity index (χ2v) is 4.58. The summed E-state index contributed by atoms with van der Waals surface area (Å²) < 4.78 is 2.06. The van der Waals surface area contributed by atoms with E-state index in [1.807, 2.05) is 19.4 Å². The first kappa shape index (κ1) is 12.7. The highest BCUT2D eigenvalue weighted by atomic mass is 15.1. The van der Waals surface area contributed by atoms with Crippen LogP contribution in [0.2, 0.25) is 0 Å². The number of aromatic nitrogens is 4. The first-order chi connectivity index (χ1) is 8.66. The van der Waals surface area contributed by atoms with Crippen molar-refractivity contribution in [1.82, 2.24) is 24.8 Å². The molecule has 96 valence electrons. The molecule has 1 N–H and O–H groups in total. The Morgan fingerprint density at radius 1 is 1.22 bits per heavy atom. The van der Waals surface area contributed by atoms with Gasteiger partial charge in [0.1, 0.15) is 0 Å². The van der Waals surface area contributed by atoms with Crippen LogP contribution in [0.4, 0.5) is 0 Å². The zero-order valence-corrected chi connectivity index (χ0v) is 11.0. The van der Waals surface area contributed by atoms with Crippen LogP contribution in [0.1, 0.15) is 31.3 Å². The summed E-state index contributed by atoms with van der Waals surface area (Å²) in [4.78, 5) is 12.7. The summed E-state index contributed by atoms with van der Waals surface area (Å²) in [6.07, 6.45) is 9.05. The normalized spacial score (nSPS) is 14.4. The minimum atomic E-state index is 0.192. The van der Waals surface area contributed by atoms with Gasteiger partial charge in [0.05, 0.1) is 17.7 Å². The van der Waals surface area contributed by atoms with Gasteiger partial charge in [-0.2, -0.15) is 0 Å². The summed E-state index contributed by atoms with van der Waals surface area (Å²) in [6, 6.07) is 0.535. The lowest BCUT2D eigenvalue weighted by Gasteiger charge is -2.20. The van der Waals surface area contributed by atoms with Crippen LogP contribution in [0.25, 0.3) is 0 Å². The molecule has 0 bridgehead atoms. The van der Waals surface area contributed by atoms with Crippen LogP contribution in [0.15, 0.2) is 31.1 Å². The molecule has 0 aromatic carbocycles. The van der Waals surface area contributed by atoms with Gasteiger partial charge >= 0.3 is 0 Å². The molecular weight excluding hydrogens is 226 g/mol. The van der Waals surface area contributed by atoms with Crippen LogP contribution in [-0.4, -0.2) is 25.6 Å². The standard InChI is InChI=1S/C13H19N5/c1-10(8-18-7-6-14-9-18)17-12(3)13-11(2)15-4-5-16-13/h4-7,9-10,12,17H,8H2,1-3H3. The predicted molar refractivity (Wildman–Crippen MR) is 70.0 cm³/mol. The molecule has 2 heterocycles. The van der Waals surface area contributed by atoms with Gasteiger partial charge in [0, 0.05) is 43.4 Å². The molecule has 0 saturated heterocycles. The van der Waals surface area contributed by atoms with Crippen LogP contribution in [0.3, 0.4) is 0 Å². The molecule has 0 aliphatic heterocycles. The molecule has 2 aromatic heterocycles. The third-order valence-electron chi connectivity index (χ3n) is 2.91. The summed E-state index contributed by atoms with van der Waals surface area (Å²) in [5.41, 5.74) is 1.99. The SMILES string of the molecule is Cc1nccnc1C(C)NC(C)Cn1ccnc1. The number of nitrogens with zero attached hydrogens (tertiary/aromatic N) is 4. The summed E-state index contributed by atoms with van der Waals surface area (Å²) >= 11 is 0. The summed E-state index contributed by atoms with van der Waals surface area (Å²) in [5, 5.41) is 3.52. The van der Waals surface area contributed by atoms with Crippen molar-refractivity contribution in [2.75, 3.05) is 0 Å². The number of rotatable bonds is 5. The van der Waals surface area contributed by atoms with Gasteiger partial charge in [-0.25, -0.2) is 4.98 Å². The van der Waals surface area contributed by atoms with Crippen LogP contribution in [0, 0.1) is 6.92 Å². The molecule has 2 aromatic rings. The Labute approximate surface area is 107 Å². The average molecular weight is 245 g/mol. The topological polar surface area (TPSA) is 55.6 Å². The number of nitrogens with one attached hydrogen (secondary N) is 1. The lowest BCUT2D eigenvalue weighted by Crippen LogP contribution is -2.33. The molecule has 0 fully saturated rings. The summed E-state index contributed by atoms with van der Waals surface area (Å²) in [5.74, 6) is 0. The fraction of sp³-hybridized carbons (Fsp3) is 0.462. The highest BCUT2D eigenvalue weighted by Gasteiger charge is 2.13. The van der Waals surface area contributed by atoms with Crippen LogP contribution >= 0.6 is 0 Å². The minimum Gasteiger partial charge on any atom is -0.336 e. The molecule has 0 radical (unpaired) electrons. The lowest BCUT2D eigenvalue weighted by molar-refractivity contribution is 0.423. The Balaban J connectivity index is 1.95. The maximum Gasteiger partial charge on any atom is 0.0946 e. The zero-order valence-electron chi connectivity index (χ0n) is 11.0. The second-order valence-electron chi connectivity index (χ2n) is 4.58. The van der Waals surface area contributed by atoms with Gasteiger partial charge in [0.25, 0.3) is 0 Å². The van der Waals surface area contributed by atoms with E-state index >= 15 is 0 Å². The number of aryl methyl sites for hydroxylation is 1. The van der Waals surface area contributed by atoms with Gasteiger partial charge in [-0.1, -0.05) is 0 Å². The minimum absolute atomic E-state index is 0.192. The van der Waals surface area contributed by atoms with Crippen molar-refractivity contribution in [2.45, 2.75) is 39.4 Å². The van der Waals surface area contributed by atoms with Gasteiger partial charge in [-0.15, -0.1) is 0 Å². The smallest absolute Gasteiger partial charge is 0.0946 e. The Morgan fingerprint density at radius 2 is 2.00 bits per heavy atom. The van der Waals surface area contributed by atoms with E-state index in [0.29, 0.717) is 6.04 Å². The lowest BCUT2D eigenvalue weighted by atomic mass is 10.1. The van der Waals surface area contributed by atoms with E-state index in [9.17, 15) is 0 Å². The van der Waals surface area contributed by atoms with Crippen molar-refractivity contribution in [2.24, 2.45) is 0 Å². The molecule has 0 saturated carbocycles. The molecule has 0 aliphatic carbocycles. The molecule has 2 rings (SSSR count). The van der Waals surface area contributed by atoms with E-state index in [2.05, 4.69) is 38.7 Å². The third kappa shape index (κ3) is 3.13. The first-order valence-electron chi connectivity index (χ1n) is 6.16. The Kier molecular flexibility index (Phi) is 4.04. The van der Waals surface area contributed by atoms with E-state index in [1.54, 1.807) is 18.6 Å². The molecule has 0 amide bonds. The van der Waals surface area contributed by atoms with Crippen molar-refractivity contribution in [3.8, 4) is 0 Å². The van der Waals surface area contributed by atoms with Crippen molar-refractivity contribution in [3.63, 3.8) is 0 Å². The summed E-state index contributed by atoms with van der Waals surface area (Å²) in [6.45, 7) is 7.15. The van der Waals surface area contributed by atoms with Gasteiger partial charge in [0.2, 0.25) is 0 Å². The van der Waals surface area contributed by atoms with Crippen LogP contribution < -0.4 is 5.32 Å². The van der Waals surface area contributed by atoms with Crippen molar-refractivity contribution in [3.05, 3.63) is 42.5 Å². The quantitative estimate of drug-likeness (QED) is 0.871. The third-order valence-corrected chi connectivity index (χ3v) is 2.91. The molecule has 0 aliphatic rings. The van der Waals surface area contributed by atoms with Crippen molar-refractivity contribution < 1.29 is 0 Å². The number of hydrogen-bond acceptors (Lipinski definition) is 4. The fourth-order valence-corrected chi connectivity index (χ4v) is 2.11.